The van der Waals surface area contributed by atoms with Gasteiger partial charge in [0.1, 0.15) is 11.5 Å². The molecule has 0 bridgehead atoms. The van der Waals surface area contributed by atoms with E-state index in [1.54, 1.807) is 43.1 Å². The SMILES string of the molecule is CCCCN(C)C(=O)c1cc(C)nc(NCc2ccccc2F)n1. The van der Waals surface area contributed by atoms with Gasteiger partial charge in [-0.2, -0.15) is 0 Å². The first-order valence-corrected chi connectivity index (χ1v) is 8.09. The van der Waals surface area contributed by atoms with Gasteiger partial charge in [0.15, 0.2) is 0 Å². The molecule has 5 nitrogen and oxygen atoms in total. The van der Waals surface area contributed by atoms with Crippen LogP contribution in [0.1, 0.15) is 41.5 Å². The predicted molar refractivity (Wildman–Crippen MR) is 92.4 cm³/mol. The van der Waals surface area contributed by atoms with Gasteiger partial charge in [0.2, 0.25) is 5.95 Å². The van der Waals surface area contributed by atoms with Crippen molar-refractivity contribution in [3.63, 3.8) is 0 Å². The van der Waals surface area contributed by atoms with Gasteiger partial charge in [0.05, 0.1) is 0 Å². The molecule has 0 saturated heterocycles. The molecule has 0 fully saturated rings. The lowest BCUT2D eigenvalue weighted by atomic mass is 10.2. The van der Waals surface area contributed by atoms with Gasteiger partial charge >= 0.3 is 0 Å². The Balaban J connectivity index is 2.10. The minimum absolute atomic E-state index is 0.136. The second kappa shape index (κ2) is 8.38. The third-order valence-electron chi connectivity index (χ3n) is 3.66. The summed E-state index contributed by atoms with van der Waals surface area (Å²) in [5.41, 5.74) is 1.56. The third kappa shape index (κ3) is 4.75. The van der Waals surface area contributed by atoms with Crippen LogP contribution in [-0.2, 0) is 6.54 Å². The van der Waals surface area contributed by atoms with E-state index in [1.165, 1.54) is 6.07 Å². The Labute approximate surface area is 141 Å². The van der Waals surface area contributed by atoms with Crippen molar-refractivity contribution in [1.29, 1.82) is 0 Å². The molecule has 6 heteroatoms. The van der Waals surface area contributed by atoms with Crippen LogP contribution in [0.4, 0.5) is 10.3 Å². The molecule has 1 aromatic carbocycles. The fourth-order valence-corrected chi connectivity index (χ4v) is 2.27. The van der Waals surface area contributed by atoms with Gasteiger partial charge in [0.25, 0.3) is 5.91 Å². The zero-order valence-electron chi connectivity index (χ0n) is 14.3. The van der Waals surface area contributed by atoms with Crippen LogP contribution >= 0.6 is 0 Å². The molecule has 0 saturated carbocycles. The Morgan fingerprint density at radius 2 is 2.04 bits per heavy atom. The van der Waals surface area contributed by atoms with E-state index < -0.39 is 0 Å². The van der Waals surface area contributed by atoms with Crippen molar-refractivity contribution in [1.82, 2.24) is 14.9 Å². The number of aryl methyl sites for hydroxylation is 1. The molecule has 1 amide bonds. The molecule has 0 unspecified atom stereocenters. The average molecular weight is 330 g/mol. The molecule has 0 atom stereocenters. The number of hydrogen-bond donors (Lipinski definition) is 1. The highest BCUT2D eigenvalue weighted by Gasteiger charge is 2.15. The first-order chi connectivity index (χ1) is 11.5. The van der Waals surface area contributed by atoms with Crippen LogP contribution in [0.15, 0.2) is 30.3 Å². The van der Waals surface area contributed by atoms with E-state index in [4.69, 9.17) is 0 Å². The van der Waals surface area contributed by atoms with E-state index in [0.29, 0.717) is 29.4 Å². The van der Waals surface area contributed by atoms with Crippen molar-refractivity contribution >= 4 is 11.9 Å². The maximum atomic E-state index is 13.7. The number of carbonyl (C=O) groups excluding carboxylic acids is 1. The Kier molecular flexibility index (Phi) is 6.23. The number of carbonyl (C=O) groups is 1. The van der Waals surface area contributed by atoms with E-state index in [2.05, 4.69) is 22.2 Å². The van der Waals surface area contributed by atoms with Gasteiger partial charge in [-0.15, -0.1) is 0 Å². The van der Waals surface area contributed by atoms with Crippen molar-refractivity contribution < 1.29 is 9.18 Å². The zero-order chi connectivity index (χ0) is 17.5. The van der Waals surface area contributed by atoms with E-state index in [0.717, 1.165) is 12.8 Å². The predicted octanol–water partition coefficient (Wildman–Crippen LogP) is 3.41. The largest absolute Gasteiger partial charge is 0.350 e. The molecule has 0 aliphatic carbocycles. The lowest BCUT2D eigenvalue weighted by Crippen LogP contribution is -2.29. The minimum atomic E-state index is -0.284. The minimum Gasteiger partial charge on any atom is -0.350 e. The van der Waals surface area contributed by atoms with Crippen LogP contribution in [0.3, 0.4) is 0 Å². The Morgan fingerprint density at radius 3 is 2.75 bits per heavy atom. The highest BCUT2D eigenvalue weighted by molar-refractivity contribution is 5.92. The summed E-state index contributed by atoms with van der Waals surface area (Å²) in [6, 6.07) is 8.19. The molecule has 128 valence electrons. The summed E-state index contributed by atoms with van der Waals surface area (Å²) in [5, 5.41) is 2.99. The number of benzene rings is 1. The molecule has 0 spiro atoms. The molecule has 0 radical (unpaired) electrons. The maximum absolute atomic E-state index is 13.7. The van der Waals surface area contributed by atoms with Gasteiger partial charge in [-0.05, 0) is 25.5 Å². The smallest absolute Gasteiger partial charge is 0.272 e. The summed E-state index contributed by atoms with van der Waals surface area (Å²) in [6.07, 6.45) is 1.97. The molecule has 24 heavy (non-hydrogen) atoms. The second-order valence-corrected chi connectivity index (χ2v) is 5.74. The first-order valence-electron chi connectivity index (χ1n) is 8.09. The summed E-state index contributed by atoms with van der Waals surface area (Å²) < 4.78 is 13.7. The molecule has 0 aliphatic heterocycles. The van der Waals surface area contributed by atoms with E-state index in [9.17, 15) is 9.18 Å². The lowest BCUT2D eigenvalue weighted by Gasteiger charge is -2.17. The molecule has 1 heterocycles. The molecule has 1 N–H and O–H groups in total. The van der Waals surface area contributed by atoms with Gasteiger partial charge in [-0.1, -0.05) is 31.5 Å². The van der Waals surface area contributed by atoms with Crippen molar-refractivity contribution in [2.75, 3.05) is 18.9 Å². The number of unbranched alkanes of at least 4 members (excludes halogenated alkanes) is 1. The zero-order valence-corrected chi connectivity index (χ0v) is 14.3. The van der Waals surface area contributed by atoms with Crippen LogP contribution in [0.5, 0.6) is 0 Å². The fourth-order valence-electron chi connectivity index (χ4n) is 2.27. The molecular weight excluding hydrogens is 307 g/mol. The highest BCUT2D eigenvalue weighted by atomic mass is 19.1. The monoisotopic (exact) mass is 330 g/mol. The third-order valence-corrected chi connectivity index (χ3v) is 3.66. The van der Waals surface area contributed by atoms with E-state index >= 15 is 0 Å². The number of aromatic nitrogens is 2. The van der Waals surface area contributed by atoms with Gasteiger partial charge in [0, 0.05) is 31.4 Å². The number of amides is 1. The number of hydrogen-bond acceptors (Lipinski definition) is 4. The van der Waals surface area contributed by atoms with Crippen molar-refractivity contribution in [3.8, 4) is 0 Å². The number of halogens is 1. The van der Waals surface area contributed by atoms with E-state index in [-0.39, 0.29) is 18.3 Å². The van der Waals surface area contributed by atoms with Crippen LogP contribution in [0.25, 0.3) is 0 Å². The second-order valence-electron chi connectivity index (χ2n) is 5.74. The molecule has 0 aliphatic rings. The van der Waals surface area contributed by atoms with Gasteiger partial charge in [-0.25, -0.2) is 14.4 Å². The Bertz CT molecular complexity index is 705. The quantitative estimate of drug-likeness (QED) is 0.845. The van der Waals surface area contributed by atoms with Gasteiger partial charge in [-0.3, -0.25) is 4.79 Å². The Morgan fingerprint density at radius 1 is 1.29 bits per heavy atom. The number of rotatable bonds is 7. The molecule has 2 aromatic rings. The van der Waals surface area contributed by atoms with Crippen LogP contribution in [0.2, 0.25) is 0 Å². The van der Waals surface area contributed by atoms with Crippen LogP contribution in [0, 0.1) is 12.7 Å². The maximum Gasteiger partial charge on any atom is 0.272 e. The number of nitrogens with one attached hydrogen (secondary N) is 1. The normalized spacial score (nSPS) is 10.5. The Hall–Kier alpha value is -2.50. The summed E-state index contributed by atoms with van der Waals surface area (Å²) >= 11 is 0. The van der Waals surface area contributed by atoms with Crippen molar-refractivity contribution in [2.24, 2.45) is 0 Å². The van der Waals surface area contributed by atoms with Crippen molar-refractivity contribution in [2.45, 2.75) is 33.2 Å². The first kappa shape index (κ1) is 17.8. The molecule has 1 aromatic heterocycles. The van der Waals surface area contributed by atoms with Crippen molar-refractivity contribution in [3.05, 3.63) is 53.1 Å². The summed E-state index contributed by atoms with van der Waals surface area (Å²) in [4.78, 5) is 22.6. The summed E-state index contributed by atoms with van der Waals surface area (Å²) in [5.74, 6) is -0.0957. The van der Waals surface area contributed by atoms with Crippen LogP contribution < -0.4 is 5.32 Å². The molecule has 2 rings (SSSR count). The summed E-state index contributed by atoms with van der Waals surface area (Å²) in [7, 11) is 1.77. The fraction of sp³-hybridized carbons (Fsp3) is 0.389. The number of anilines is 1. The average Bonchev–Trinajstić information content (AvgIpc) is 2.57. The van der Waals surface area contributed by atoms with Gasteiger partial charge < -0.3 is 10.2 Å². The van der Waals surface area contributed by atoms with E-state index in [1.807, 2.05) is 0 Å². The molecular formula is C18H23FN4O. The highest BCUT2D eigenvalue weighted by Crippen LogP contribution is 2.11. The lowest BCUT2D eigenvalue weighted by molar-refractivity contribution is 0.0787. The summed E-state index contributed by atoms with van der Waals surface area (Å²) in [6.45, 7) is 4.84. The standard InChI is InChI=1S/C18H23FN4O/c1-4-5-10-23(3)17(24)16-11-13(2)21-18(22-16)20-12-14-8-6-7-9-15(14)19/h6-9,11H,4-5,10,12H2,1-3H3,(H,20,21,22). The van der Waals surface area contributed by atoms with Crippen LogP contribution in [-0.4, -0.2) is 34.4 Å². The topological polar surface area (TPSA) is 58.1 Å². The number of nitrogens with zero attached hydrogens (tertiary/aromatic N) is 3.